The van der Waals surface area contributed by atoms with Crippen LogP contribution in [0.5, 0.6) is 0 Å². The Labute approximate surface area is 191 Å². The maximum Gasteiger partial charge on any atom is 0.191 e. The van der Waals surface area contributed by atoms with Gasteiger partial charge in [0, 0.05) is 31.9 Å². The largest absolute Gasteiger partial charge is 0.384 e. The molecule has 0 saturated carbocycles. The lowest BCUT2D eigenvalue weighted by atomic mass is 9.96. The number of aliphatic imine (C=N–C) groups is 1. The molecule has 3 rings (SSSR count). The SMILES string of the molecule is CCNC(=NCC(C)(O)c1ccccc1)NCC1CCN(c2ccccc2)C1.I. The minimum absolute atomic E-state index is 0. The highest BCUT2D eigenvalue weighted by Crippen LogP contribution is 2.23. The zero-order valence-electron chi connectivity index (χ0n) is 17.3. The summed E-state index contributed by atoms with van der Waals surface area (Å²) in [5, 5.41) is 17.5. The fourth-order valence-electron chi connectivity index (χ4n) is 3.58. The molecular weight excluding hydrogens is 475 g/mol. The lowest BCUT2D eigenvalue weighted by Crippen LogP contribution is -2.41. The average molecular weight is 508 g/mol. The molecule has 5 nitrogen and oxygen atoms in total. The third-order valence-corrected chi connectivity index (χ3v) is 5.25. The first-order valence-electron chi connectivity index (χ1n) is 10.2. The van der Waals surface area contributed by atoms with Crippen LogP contribution in [-0.2, 0) is 5.60 Å². The summed E-state index contributed by atoms with van der Waals surface area (Å²) in [6.45, 7) is 7.99. The van der Waals surface area contributed by atoms with Crippen LogP contribution in [0.3, 0.4) is 0 Å². The van der Waals surface area contributed by atoms with Gasteiger partial charge in [-0.3, -0.25) is 0 Å². The Morgan fingerprint density at radius 1 is 1.10 bits per heavy atom. The fourth-order valence-corrected chi connectivity index (χ4v) is 3.58. The molecule has 6 heteroatoms. The molecule has 0 radical (unpaired) electrons. The number of rotatable bonds is 7. The summed E-state index contributed by atoms with van der Waals surface area (Å²) in [5.74, 6) is 1.34. The Hall–Kier alpha value is -1.80. The van der Waals surface area contributed by atoms with E-state index in [-0.39, 0.29) is 24.0 Å². The van der Waals surface area contributed by atoms with Gasteiger partial charge >= 0.3 is 0 Å². The third-order valence-electron chi connectivity index (χ3n) is 5.25. The summed E-state index contributed by atoms with van der Waals surface area (Å²) in [6, 6.07) is 20.3. The highest BCUT2D eigenvalue weighted by atomic mass is 127. The van der Waals surface area contributed by atoms with Crippen molar-refractivity contribution in [3.8, 4) is 0 Å². The quantitative estimate of drug-likeness (QED) is 0.304. The Morgan fingerprint density at radius 2 is 1.76 bits per heavy atom. The molecule has 2 aromatic carbocycles. The number of benzene rings is 2. The Bertz CT molecular complexity index is 752. The van der Waals surface area contributed by atoms with E-state index >= 15 is 0 Å². The monoisotopic (exact) mass is 508 g/mol. The number of para-hydroxylation sites is 1. The van der Waals surface area contributed by atoms with Crippen molar-refractivity contribution in [1.29, 1.82) is 0 Å². The maximum absolute atomic E-state index is 10.8. The van der Waals surface area contributed by atoms with E-state index < -0.39 is 5.60 Å². The minimum Gasteiger partial charge on any atom is -0.384 e. The van der Waals surface area contributed by atoms with Gasteiger partial charge in [0.2, 0.25) is 0 Å². The number of nitrogens with one attached hydrogen (secondary N) is 2. The molecule has 0 amide bonds. The van der Waals surface area contributed by atoms with E-state index in [4.69, 9.17) is 0 Å². The van der Waals surface area contributed by atoms with Crippen molar-refractivity contribution in [2.24, 2.45) is 10.9 Å². The zero-order valence-corrected chi connectivity index (χ0v) is 19.7. The van der Waals surface area contributed by atoms with Crippen LogP contribution in [-0.4, -0.2) is 43.8 Å². The van der Waals surface area contributed by atoms with Gasteiger partial charge in [-0.15, -0.1) is 24.0 Å². The molecule has 29 heavy (non-hydrogen) atoms. The molecular formula is C23H33IN4O. The second kappa shape index (κ2) is 11.4. The molecule has 0 aromatic heterocycles. The van der Waals surface area contributed by atoms with Gasteiger partial charge in [-0.1, -0.05) is 48.5 Å². The lowest BCUT2D eigenvalue weighted by Gasteiger charge is -2.23. The van der Waals surface area contributed by atoms with Crippen LogP contribution in [0.15, 0.2) is 65.7 Å². The first kappa shape index (κ1) is 23.5. The van der Waals surface area contributed by atoms with Crippen molar-refractivity contribution in [2.45, 2.75) is 25.9 Å². The van der Waals surface area contributed by atoms with Crippen LogP contribution < -0.4 is 15.5 Å². The van der Waals surface area contributed by atoms with Crippen molar-refractivity contribution < 1.29 is 5.11 Å². The predicted molar refractivity (Wildman–Crippen MR) is 132 cm³/mol. The van der Waals surface area contributed by atoms with Crippen LogP contribution in [0.4, 0.5) is 5.69 Å². The van der Waals surface area contributed by atoms with E-state index in [2.05, 4.69) is 57.8 Å². The molecule has 0 spiro atoms. The number of guanidine groups is 1. The molecule has 1 aliphatic rings. The summed E-state index contributed by atoms with van der Waals surface area (Å²) >= 11 is 0. The number of hydrogen-bond donors (Lipinski definition) is 3. The molecule has 1 aliphatic heterocycles. The molecule has 2 unspecified atom stereocenters. The normalized spacial score (nSPS) is 18.7. The first-order valence-corrected chi connectivity index (χ1v) is 10.2. The second-order valence-corrected chi connectivity index (χ2v) is 7.65. The third kappa shape index (κ3) is 6.89. The topological polar surface area (TPSA) is 59.9 Å². The van der Waals surface area contributed by atoms with Gasteiger partial charge in [-0.2, -0.15) is 0 Å². The number of hydrogen-bond acceptors (Lipinski definition) is 3. The van der Waals surface area contributed by atoms with Gasteiger partial charge in [-0.05, 0) is 43.9 Å². The molecule has 3 N–H and O–H groups in total. The van der Waals surface area contributed by atoms with Gasteiger partial charge < -0.3 is 20.6 Å². The van der Waals surface area contributed by atoms with E-state index in [1.165, 1.54) is 12.1 Å². The smallest absolute Gasteiger partial charge is 0.191 e. The summed E-state index contributed by atoms with van der Waals surface area (Å²) in [5.41, 5.74) is 1.19. The molecule has 1 saturated heterocycles. The number of halogens is 1. The van der Waals surface area contributed by atoms with Gasteiger partial charge in [0.05, 0.1) is 6.54 Å². The second-order valence-electron chi connectivity index (χ2n) is 7.65. The Kier molecular flexibility index (Phi) is 9.23. The molecule has 158 valence electrons. The first-order chi connectivity index (χ1) is 13.6. The summed E-state index contributed by atoms with van der Waals surface area (Å²) in [7, 11) is 0. The fraction of sp³-hybridized carbons (Fsp3) is 0.435. The van der Waals surface area contributed by atoms with Crippen molar-refractivity contribution in [3.63, 3.8) is 0 Å². The molecule has 0 bridgehead atoms. The number of aliphatic hydroxyl groups is 1. The predicted octanol–water partition coefficient (Wildman–Crippen LogP) is 3.59. The van der Waals surface area contributed by atoms with Crippen molar-refractivity contribution >= 4 is 35.6 Å². The van der Waals surface area contributed by atoms with Crippen LogP contribution in [0.1, 0.15) is 25.8 Å². The van der Waals surface area contributed by atoms with Crippen LogP contribution in [0.2, 0.25) is 0 Å². The van der Waals surface area contributed by atoms with Gasteiger partial charge in [0.15, 0.2) is 5.96 Å². The zero-order chi connectivity index (χ0) is 19.8. The van der Waals surface area contributed by atoms with E-state index in [1.807, 2.05) is 37.3 Å². The van der Waals surface area contributed by atoms with Crippen molar-refractivity contribution in [1.82, 2.24) is 10.6 Å². The standard InChI is InChI=1S/C23H32N4O.HI/c1-3-24-22(26-18-23(2,28)20-10-6-4-7-11-20)25-16-19-14-15-27(17-19)21-12-8-5-9-13-21;/h4-13,19,28H,3,14-18H2,1-2H3,(H2,24,25,26);1H. The summed E-state index contributed by atoms with van der Waals surface area (Å²) in [4.78, 5) is 7.07. The molecule has 2 atom stereocenters. The summed E-state index contributed by atoms with van der Waals surface area (Å²) in [6.07, 6.45) is 1.17. The molecule has 2 aromatic rings. The van der Waals surface area contributed by atoms with Crippen LogP contribution in [0, 0.1) is 5.92 Å². The highest BCUT2D eigenvalue weighted by molar-refractivity contribution is 14.0. The minimum atomic E-state index is -0.985. The van der Waals surface area contributed by atoms with Gasteiger partial charge in [0.1, 0.15) is 5.60 Å². The van der Waals surface area contributed by atoms with Crippen LogP contribution in [0.25, 0.3) is 0 Å². The van der Waals surface area contributed by atoms with E-state index in [9.17, 15) is 5.11 Å². The molecule has 1 heterocycles. The van der Waals surface area contributed by atoms with E-state index in [0.717, 1.165) is 37.7 Å². The Balaban J connectivity index is 0.00000300. The van der Waals surface area contributed by atoms with E-state index in [1.54, 1.807) is 0 Å². The maximum atomic E-state index is 10.8. The number of anilines is 1. The molecule has 0 aliphatic carbocycles. The number of nitrogens with zero attached hydrogens (tertiary/aromatic N) is 2. The van der Waals surface area contributed by atoms with E-state index in [0.29, 0.717) is 12.5 Å². The molecule has 1 fully saturated rings. The van der Waals surface area contributed by atoms with Gasteiger partial charge in [0.25, 0.3) is 0 Å². The van der Waals surface area contributed by atoms with Crippen LogP contribution >= 0.6 is 24.0 Å². The Morgan fingerprint density at radius 3 is 2.41 bits per heavy atom. The highest BCUT2D eigenvalue weighted by Gasteiger charge is 2.24. The van der Waals surface area contributed by atoms with Gasteiger partial charge in [-0.25, -0.2) is 4.99 Å². The lowest BCUT2D eigenvalue weighted by molar-refractivity contribution is 0.0672. The van der Waals surface area contributed by atoms with Crippen molar-refractivity contribution in [3.05, 3.63) is 66.2 Å². The van der Waals surface area contributed by atoms with Crippen molar-refractivity contribution in [2.75, 3.05) is 37.6 Å². The summed E-state index contributed by atoms with van der Waals surface area (Å²) < 4.78 is 0. The average Bonchev–Trinajstić information content (AvgIpc) is 3.20.